The summed E-state index contributed by atoms with van der Waals surface area (Å²) < 4.78 is 0.947. The van der Waals surface area contributed by atoms with Crippen molar-refractivity contribution in [2.75, 3.05) is 0 Å². The quantitative estimate of drug-likeness (QED) is 0.688. The van der Waals surface area contributed by atoms with E-state index in [4.69, 9.17) is 0 Å². The Kier molecular flexibility index (Phi) is 2.41. The highest BCUT2D eigenvalue weighted by Gasteiger charge is 2.11. The molecular formula is C14H10BrNO. The maximum absolute atomic E-state index is 10.3. The van der Waals surface area contributed by atoms with E-state index in [0.717, 1.165) is 26.4 Å². The van der Waals surface area contributed by atoms with Crippen LogP contribution in [0.3, 0.4) is 0 Å². The third-order valence-electron chi connectivity index (χ3n) is 2.89. The molecule has 0 aliphatic rings. The number of H-pyrrole nitrogens is 1. The summed E-state index contributed by atoms with van der Waals surface area (Å²) >= 11 is 3.46. The number of phenols is 1. The molecule has 3 rings (SSSR count). The fraction of sp³-hybridized carbons (Fsp3) is 0. The van der Waals surface area contributed by atoms with Gasteiger partial charge in [0.25, 0.3) is 0 Å². The SMILES string of the molecule is Oc1c(-c2c[nH]cc2Br)ccc2ccccc12. The van der Waals surface area contributed by atoms with Crippen LogP contribution in [-0.2, 0) is 0 Å². The average molecular weight is 288 g/mol. The van der Waals surface area contributed by atoms with Gasteiger partial charge in [-0.25, -0.2) is 0 Å². The Labute approximate surface area is 107 Å². The molecule has 0 aliphatic heterocycles. The van der Waals surface area contributed by atoms with Gasteiger partial charge in [0.2, 0.25) is 0 Å². The second-order valence-electron chi connectivity index (χ2n) is 3.90. The van der Waals surface area contributed by atoms with E-state index in [0.29, 0.717) is 5.75 Å². The van der Waals surface area contributed by atoms with Gasteiger partial charge in [-0.2, -0.15) is 0 Å². The van der Waals surface area contributed by atoms with Gasteiger partial charge in [-0.1, -0.05) is 30.3 Å². The molecular weight excluding hydrogens is 278 g/mol. The highest BCUT2D eigenvalue weighted by atomic mass is 79.9. The zero-order chi connectivity index (χ0) is 11.8. The number of aromatic hydroxyl groups is 1. The Hall–Kier alpha value is -1.74. The molecule has 3 aromatic rings. The Morgan fingerprint density at radius 1 is 0.941 bits per heavy atom. The van der Waals surface area contributed by atoms with Crippen LogP contribution in [0.2, 0.25) is 0 Å². The predicted molar refractivity (Wildman–Crippen MR) is 73.1 cm³/mol. The first-order chi connectivity index (χ1) is 8.27. The van der Waals surface area contributed by atoms with Crippen molar-refractivity contribution >= 4 is 26.7 Å². The molecule has 0 spiro atoms. The second kappa shape index (κ2) is 3.93. The first-order valence-corrected chi connectivity index (χ1v) is 6.10. The van der Waals surface area contributed by atoms with Crippen molar-refractivity contribution in [3.63, 3.8) is 0 Å². The summed E-state index contributed by atoms with van der Waals surface area (Å²) in [6.07, 6.45) is 3.72. The number of phenolic OH excluding ortho intramolecular Hbond substituents is 1. The van der Waals surface area contributed by atoms with Crippen LogP contribution in [0.4, 0.5) is 0 Å². The van der Waals surface area contributed by atoms with Crippen LogP contribution in [0.1, 0.15) is 0 Å². The van der Waals surface area contributed by atoms with E-state index >= 15 is 0 Å². The Bertz CT molecular complexity index is 688. The van der Waals surface area contributed by atoms with Gasteiger partial charge in [0, 0.05) is 33.4 Å². The first-order valence-electron chi connectivity index (χ1n) is 5.31. The molecule has 2 N–H and O–H groups in total. The molecule has 0 saturated heterocycles. The molecule has 2 aromatic carbocycles. The highest BCUT2D eigenvalue weighted by Crippen LogP contribution is 2.38. The molecule has 0 radical (unpaired) electrons. The molecule has 0 aliphatic carbocycles. The normalized spacial score (nSPS) is 10.9. The van der Waals surface area contributed by atoms with Crippen molar-refractivity contribution in [1.82, 2.24) is 4.98 Å². The van der Waals surface area contributed by atoms with Gasteiger partial charge in [0.05, 0.1) is 0 Å². The molecule has 1 aromatic heterocycles. The molecule has 0 bridgehead atoms. The van der Waals surface area contributed by atoms with E-state index in [1.165, 1.54) is 0 Å². The Morgan fingerprint density at radius 2 is 1.76 bits per heavy atom. The predicted octanol–water partition coefficient (Wildman–Crippen LogP) is 4.30. The van der Waals surface area contributed by atoms with E-state index in [-0.39, 0.29) is 0 Å². The van der Waals surface area contributed by atoms with E-state index in [1.54, 1.807) is 0 Å². The van der Waals surface area contributed by atoms with Gasteiger partial charge in [0.1, 0.15) is 5.75 Å². The Morgan fingerprint density at radius 3 is 2.53 bits per heavy atom. The van der Waals surface area contributed by atoms with Crippen LogP contribution in [0.15, 0.2) is 53.3 Å². The lowest BCUT2D eigenvalue weighted by molar-refractivity contribution is 0.483. The second-order valence-corrected chi connectivity index (χ2v) is 4.75. The van der Waals surface area contributed by atoms with Crippen LogP contribution in [0, 0.1) is 0 Å². The van der Waals surface area contributed by atoms with Crippen molar-refractivity contribution in [3.8, 4) is 16.9 Å². The van der Waals surface area contributed by atoms with Crippen molar-refractivity contribution in [2.24, 2.45) is 0 Å². The third kappa shape index (κ3) is 1.63. The standard InChI is InChI=1S/C14H10BrNO/c15-13-8-16-7-12(13)11-6-5-9-3-1-2-4-10(9)14(11)17/h1-8,16-17H. The lowest BCUT2D eigenvalue weighted by Crippen LogP contribution is -1.80. The maximum atomic E-state index is 10.3. The number of halogens is 1. The van der Waals surface area contributed by atoms with Crippen molar-refractivity contribution < 1.29 is 5.11 Å². The summed E-state index contributed by atoms with van der Waals surface area (Å²) in [4.78, 5) is 3.01. The molecule has 17 heavy (non-hydrogen) atoms. The van der Waals surface area contributed by atoms with Crippen LogP contribution in [0.25, 0.3) is 21.9 Å². The van der Waals surface area contributed by atoms with E-state index < -0.39 is 0 Å². The van der Waals surface area contributed by atoms with E-state index in [9.17, 15) is 5.11 Å². The molecule has 3 heteroatoms. The molecule has 0 unspecified atom stereocenters. The van der Waals surface area contributed by atoms with Gasteiger partial charge in [-0.15, -0.1) is 0 Å². The summed E-state index contributed by atoms with van der Waals surface area (Å²) in [6, 6.07) is 11.8. The maximum Gasteiger partial charge on any atom is 0.131 e. The van der Waals surface area contributed by atoms with Crippen LogP contribution >= 0.6 is 15.9 Å². The minimum Gasteiger partial charge on any atom is -0.507 e. The molecule has 0 atom stereocenters. The molecule has 84 valence electrons. The topological polar surface area (TPSA) is 36.0 Å². The Balaban J connectivity index is 2.32. The third-order valence-corrected chi connectivity index (χ3v) is 3.54. The lowest BCUT2D eigenvalue weighted by Gasteiger charge is -2.07. The highest BCUT2D eigenvalue weighted by molar-refractivity contribution is 9.10. The summed E-state index contributed by atoms with van der Waals surface area (Å²) in [5.41, 5.74) is 1.80. The molecule has 2 nitrogen and oxygen atoms in total. The number of aromatic nitrogens is 1. The summed E-state index contributed by atoms with van der Waals surface area (Å²) in [5.74, 6) is 0.323. The molecule has 0 saturated carbocycles. The van der Waals surface area contributed by atoms with Gasteiger partial charge in [-0.3, -0.25) is 0 Å². The molecule has 0 amide bonds. The van der Waals surface area contributed by atoms with Gasteiger partial charge in [0.15, 0.2) is 0 Å². The average Bonchev–Trinajstić information content (AvgIpc) is 2.76. The first kappa shape index (κ1) is 10.4. The van der Waals surface area contributed by atoms with E-state index in [1.807, 2.05) is 48.8 Å². The number of nitrogens with one attached hydrogen (secondary N) is 1. The summed E-state index contributed by atoms with van der Waals surface area (Å²) in [5, 5.41) is 12.2. The van der Waals surface area contributed by atoms with E-state index in [2.05, 4.69) is 20.9 Å². The fourth-order valence-electron chi connectivity index (χ4n) is 2.02. The van der Waals surface area contributed by atoms with Crippen molar-refractivity contribution in [1.29, 1.82) is 0 Å². The largest absolute Gasteiger partial charge is 0.507 e. The zero-order valence-corrected chi connectivity index (χ0v) is 10.5. The monoisotopic (exact) mass is 287 g/mol. The van der Waals surface area contributed by atoms with Crippen molar-refractivity contribution in [2.45, 2.75) is 0 Å². The van der Waals surface area contributed by atoms with Crippen LogP contribution in [-0.4, -0.2) is 10.1 Å². The van der Waals surface area contributed by atoms with Gasteiger partial charge in [-0.05, 0) is 27.4 Å². The minimum atomic E-state index is 0.323. The van der Waals surface area contributed by atoms with Crippen LogP contribution < -0.4 is 0 Å². The molecule has 0 fully saturated rings. The number of hydrogen-bond donors (Lipinski definition) is 2. The van der Waals surface area contributed by atoms with Gasteiger partial charge >= 0.3 is 0 Å². The smallest absolute Gasteiger partial charge is 0.131 e. The van der Waals surface area contributed by atoms with Crippen LogP contribution in [0.5, 0.6) is 5.75 Å². The fourth-order valence-corrected chi connectivity index (χ4v) is 2.48. The number of benzene rings is 2. The number of aromatic amines is 1. The van der Waals surface area contributed by atoms with Crippen molar-refractivity contribution in [3.05, 3.63) is 53.3 Å². The lowest BCUT2D eigenvalue weighted by atomic mass is 10.0. The molecule has 1 heterocycles. The minimum absolute atomic E-state index is 0.323. The number of rotatable bonds is 1. The van der Waals surface area contributed by atoms with Gasteiger partial charge < -0.3 is 10.1 Å². The number of fused-ring (bicyclic) bond motifs is 1. The summed E-state index contributed by atoms with van der Waals surface area (Å²) in [7, 11) is 0. The summed E-state index contributed by atoms with van der Waals surface area (Å²) in [6.45, 7) is 0. The number of hydrogen-bond acceptors (Lipinski definition) is 1. The zero-order valence-electron chi connectivity index (χ0n) is 8.94.